The summed E-state index contributed by atoms with van der Waals surface area (Å²) in [5.41, 5.74) is 0. The van der Waals surface area contributed by atoms with Crippen molar-refractivity contribution in [1.29, 1.82) is 0 Å². The number of hydrogen-bond acceptors (Lipinski definition) is 4. The zero-order valence-electron chi connectivity index (χ0n) is 13.7. The molecule has 21 heavy (non-hydrogen) atoms. The second-order valence-electron chi connectivity index (χ2n) is 6.76. The lowest BCUT2D eigenvalue weighted by Crippen LogP contribution is -2.47. The quantitative estimate of drug-likeness (QED) is 0.744. The van der Waals surface area contributed by atoms with E-state index in [0.29, 0.717) is 12.3 Å². The number of carbonyl (C=O) groups is 1. The summed E-state index contributed by atoms with van der Waals surface area (Å²) in [6.07, 6.45) is 3.12. The molecule has 2 heterocycles. The largest absolute Gasteiger partial charge is 0.355 e. The first kappa shape index (κ1) is 16.7. The summed E-state index contributed by atoms with van der Waals surface area (Å²) in [6, 6.07) is 0. The number of likely N-dealkylation sites (N-methyl/N-ethyl adjacent to an activating group) is 1. The minimum Gasteiger partial charge on any atom is -0.355 e. The smallest absolute Gasteiger partial charge is 0.220 e. The summed E-state index contributed by atoms with van der Waals surface area (Å²) in [6.45, 7) is 10.8. The molecule has 2 aliphatic heterocycles. The van der Waals surface area contributed by atoms with Crippen LogP contribution in [0.25, 0.3) is 0 Å². The van der Waals surface area contributed by atoms with Crippen LogP contribution in [0.5, 0.6) is 0 Å². The first-order valence-electron chi connectivity index (χ1n) is 8.53. The van der Waals surface area contributed by atoms with E-state index in [0.717, 1.165) is 58.3 Å². The molecule has 2 rings (SSSR count). The molecule has 5 heteroatoms. The highest BCUT2D eigenvalue weighted by molar-refractivity contribution is 5.76. The Morgan fingerprint density at radius 2 is 1.90 bits per heavy atom. The number of piperidine rings is 1. The van der Waals surface area contributed by atoms with Gasteiger partial charge in [-0.05, 0) is 44.8 Å². The highest BCUT2D eigenvalue weighted by atomic mass is 16.1. The van der Waals surface area contributed by atoms with Gasteiger partial charge in [0.25, 0.3) is 0 Å². The van der Waals surface area contributed by atoms with E-state index in [1.807, 2.05) is 0 Å². The average molecular weight is 296 g/mol. The molecule has 122 valence electrons. The predicted octanol–water partition coefficient (Wildman–Crippen LogP) is 0.376. The number of nitrogens with one attached hydrogen (secondary N) is 2. The van der Waals surface area contributed by atoms with E-state index in [-0.39, 0.29) is 5.91 Å². The van der Waals surface area contributed by atoms with Gasteiger partial charge in [0.1, 0.15) is 0 Å². The maximum absolute atomic E-state index is 12.0. The van der Waals surface area contributed by atoms with E-state index in [4.69, 9.17) is 0 Å². The van der Waals surface area contributed by atoms with Gasteiger partial charge in [-0.15, -0.1) is 0 Å². The van der Waals surface area contributed by atoms with Crippen molar-refractivity contribution < 1.29 is 4.79 Å². The molecule has 5 nitrogen and oxygen atoms in total. The van der Waals surface area contributed by atoms with Crippen LogP contribution >= 0.6 is 0 Å². The molecule has 2 fully saturated rings. The van der Waals surface area contributed by atoms with E-state index in [9.17, 15) is 4.79 Å². The molecule has 0 aliphatic carbocycles. The SMILES string of the molecule is CC(CC(=O)NCCN1CCN(C)CC1)C1CCNCC1. The summed E-state index contributed by atoms with van der Waals surface area (Å²) in [4.78, 5) is 16.8. The normalized spacial score (nSPS) is 23.9. The summed E-state index contributed by atoms with van der Waals surface area (Å²) in [5.74, 6) is 1.46. The van der Waals surface area contributed by atoms with Crippen molar-refractivity contribution in [2.75, 3.05) is 59.4 Å². The van der Waals surface area contributed by atoms with E-state index < -0.39 is 0 Å². The first-order valence-corrected chi connectivity index (χ1v) is 8.53. The number of rotatable bonds is 6. The van der Waals surface area contributed by atoms with E-state index in [1.54, 1.807) is 0 Å². The topological polar surface area (TPSA) is 47.6 Å². The molecule has 1 unspecified atom stereocenters. The number of hydrogen-bond donors (Lipinski definition) is 2. The third-order valence-electron chi connectivity index (χ3n) is 5.04. The Balaban J connectivity index is 1.56. The van der Waals surface area contributed by atoms with Gasteiger partial charge in [0.05, 0.1) is 0 Å². The second-order valence-corrected chi connectivity index (χ2v) is 6.76. The Hall–Kier alpha value is -0.650. The maximum atomic E-state index is 12.0. The van der Waals surface area contributed by atoms with Gasteiger partial charge >= 0.3 is 0 Å². The van der Waals surface area contributed by atoms with Crippen LogP contribution in [0.15, 0.2) is 0 Å². The van der Waals surface area contributed by atoms with E-state index >= 15 is 0 Å². The molecule has 2 saturated heterocycles. The third-order valence-corrected chi connectivity index (χ3v) is 5.04. The summed E-state index contributed by atoms with van der Waals surface area (Å²) >= 11 is 0. The summed E-state index contributed by atoms with van der Waals surface area (Å²) in [7, 11) is 2.17. The Labute approximate surface area is 129 Å². The number of carbonyl (C=O) groups excluding carboxylic acids is 1. The molecule has 1 amide bonds. The van der Waals surface area contributed by atoms with E-state index in [1.165, 1.54) is 12.8 Å². The maximum Gasteiger partial charge on any atom is 0.220 e. The number of nitrogens with zero attached hydrogens (tertiary/aromatic N) is 2. The molecule has 0 spiro atoms. The zero-order chi connectivity index (χ0) is 15.1. The Morgan fingerprint density at radius 1 is 1.24 bits per heavy atom. The van der Waals surface area contributed by atoms with Crippen LogP contribution in [0.4, 0.5) is 0 Å². The van der Waals surface area contributed by atoms with Gasteiger partial charge in [0.2, 0.25) is 5.91 Å². The Kier molecular flexibility index (Phi) is 6.93. The lowest BCUT2D eigenvalue weighted by molar-refractivity contribution is -0.122. The van der Waals surface area contributed by atoms with Gasteiger partial charge in [0, 0.05) is 45.7 Å². The summed E-state index contributed by atoms with van der Waals surface area (Å²) in [5, 5.41) is 6.49. The van der Waals surface area contributed by atoms with Crippen molar-refractivity contribution in [1.82, 2.24) is 20.4 Å². The molecular weight excluding hydrogens is 264 g/mol. The summed E-state index contributed by atoms with van der Waals surface area (Å²) < 4.78 is 0. The van der Waals surface area contributed by atoms with Gasteiger partial charge in [-0.2, -0.15) is 0 Å². The molecule has 2 N–H and O–H groups in total. The minimum atomic E-state index is 0.232. The molecule has 0 saturated carbocycles. The van der Waals surface area contributed by atoms with Crippen LogP contribution in [-0.2, 0) is 4.79 Å². The van der Waals surface area contributed by atoms with Crippen LogP contribution in [0, 0.1) is 11.8 Å². The van der Waals surface area contributed by atoms with Gasteiger partial charge < -0.3 is 15.5 Å². The van der Waals surface area contributed by atoms with Crippen molar-refractivity contribution >= 4 is 5.91 Å². The van der Waals surface area contributed by atoms with Gasteiger partial charge in [0.15, 0.2) is 0 Å². The van der Waals surface area contributed by atoms with Crippen molar-refractivity contribution in [2.24, 2.45) is 11.8 Å². The van der Waals surface area contributed by atoms with Crippen LogP contribution in [0.3, 0.4) is 0 Å². The van der Waals surface area contributed by atoms with E-state index in [2.05, 4.69) is 34.4 Å². The fourth-order valence-corrected chi connectivity index (χ4v) is 3.37. The van der Waals surface area contributed by atoms with Gasteiger partial charge in [-0.3, -0.25) is 9.69 Å². The Morgan fingerprint density at radius 3 is 2.57 bits per heavy atom. The molecule has 0 bridgehead atoms. The zero-order valence-corrected chi connectivity index (χ0v) is 13.7. The molecule has 0 aromatic carbocycles. The lowest BCUT2D eigenvalue weighted by atomic mass is 9.84. The minimum absolute atomic E-state index is 0.232. The lowest BCUT2D eigenvalue weighted by Gasteiger charge is -2.32. The number of piperazine rings is 1. The van der Waals surface area contributed by atoms with Crippen molar-refractivity contribution in [2.45, 2.75) is 26.2 Å². The molecular formula is C16H32N4O. The fraction of sp³-hybridized carbons (Fsp3) is 0.938. The fourth-order valence-electron chi connectivity index (χ4n) is 3.37. The molecule has 0 radical (unpaired) electrons. The third kappa shape index (κ3) is 5.93. The second kappa shape index (κ2) is 8.71. The van der Waals surface area contributed by atoms with Crippen molar-refractivity contribution in [3.8, 4) is 0 Å². The highest BCUT2D eigenvalue weighted by Gasteiger charge is 2.22. The van der Waals surface area contributed by atoms with Gasteiger partial charge in [-0.25, -0.2) is 0 Å². The first-order chi connectivity index (χ1) is 10.1. The molecule has 0 aromatic rings. The van der Waals surface area contributed by atoms with Crippen LogP contribution in [-0.4, -0.2) is 75.1 Å². The average Bonchev–Trinajstić information content (AvgIpc) is 2.50. The van der Waals surface area contributed by atoms with Gasteiger partial charge in [-0.1, -0.05) is 6.92 Å². The predicted molar refractivity (Wildman–Crippen MR) is 86.3 cm³/mol. The van der Waals surface area contributed by atoms with Crippen LogP contribution < -0.4 is 10.6 Å². The highest BCUT2D eigenvalue weighted by Crippen LogP contribution is 2.23. The Bertz CT molecular complexity index is 309. The van der Waals surface area contributed by atoms with Crippen LogP contribution in [0.1, 0.15) is 26.2 Å². The standard InChI is InChI=1S/C16H32N4O/c1-14(15-3-5-17-6-4-15)13-16(21)18-7-8-20-11-9-19(2)10-12-20/h14-15,17H,3-13H2,1-2H3,(H,18,21). The van der Waals surface area contributed by atoms with Crippen molar-refractivity contribution in [3.63, 3.8) is 0 Å². The molecule has 2 aliphatic rings. The molecule has 1 atom stereocenters. The van der Waals surface area contributed by atoms with Crippen molar-refractivity contribution in [3.05, 3.63) is 0 Å². The van der Waals surface area contributed by atoms with Crippen LogP contribution in [0.2, 0.25) is 0 Å². The molecule has 0 aromatic heterocycles. The number of amides is 1. The monoisotopic (exact) mass is 296 g/mol.